The maximum absolute atomic E-state index is 10.2. The molecule has 1 atom stereocenters. The predicted molar refractivity (Wildman–Crippen MR) is 74.8 cm³/mol. The second-order valence-corrected chi connectivity index (χ2v) is 4.92. The minimum atomic E-state index is -0.497. The third-order valence-corrected chi connectivity index (χ3v) is 3.25. The minimum absolute atomic E-state index is 0.497. The van der Waals surface area contributed by atoms with Crippen molar-refractivity contribution in [2.24, 2.45) is 0 Å². The zero-order chi connectivity index (χ0) is 13.7. The molecule has 1 aromatic heterocycles. The number of aromatic nitrogens is 3. The van der Waals surface area contributed by atoms with Crippen molar-refractivity contribution in [1.29, 1.82) is 0 Å². The Morgan fingerprint density at radius 1 is 1.26 bits per heavy atom. The van der Waals surface area contributed by atoms with E-state index in [9.17, 15) is 5.11 Å². The van der Waals surface area contributed by atoms with Crippen LogP contribution in [0.4, 0.5) is 0 Å². The molecule has 0 aliphatic heterocycles. The van der Waals surface area contributed by atoms with E-state index in [0.717, 1.165) is 25.1 Å². The van der Waals surface area contributed by atoms with Crippen LogP contribution in [0.25, 0.3) is 0 Å². The van der Waals surface area contributed by atoms with E-state index in [-0.39, 0.29) is 0 Å². The van der Waals surface area contributed by atoms with E-state index in [4.69, 9.17) is 0 Å². The van der Waals surface area contributed by atoms with Gasteiger partial charge in [-0.25, -0.2) is 4.68 Å². The molecule has 0 amide bonds. The van der Waals surface area contributed by atoms with Gasteiger partial charge in [-0.15, -0.1) is 5.10 Å². The summed E-state index contributed by atoms with van der Waals surface area (Å²) >= 11 is 0. The summed E-state index contributed by atoms with van der Waals surface area (Å²) in [5.41, 5.74) is 3.32. The van der Waals surface area contributed by atoms with Crippen molar-refractivity contribution in [3.05, 3.63) is 47.3 Å². The molecule has 0 radical (unpaired) electrons. The van der Waals surface area contributed by atoms with Crippen molar-refractivity contribution >= 4 is 0 Å². The van der Waals surface area contributed by atoms with Crippen LogP contribution in [0.5, 0.6) is 0 Å². The summed E-state index contributed by atoms with van der Waals surface area (Å²) in [6.45, 7) is 4.97. The quantitative estimate of drug-likeness (QED) is 0.867. The van der Waals surface area contributed by atoms with E-state index in [1.165, 1.54) is 11.1 Å². The first-order chi connectivity index (χ1) is 9.20. The lowest BCUT2D eigenvalue weighted by Gasteiger charge is -2.12. The van der Waals surface area contributed by atoms with Gasteiger partial charge in [-0.1, -0.05) is 42.0 Å². The standard InChI is InChI=1S/C15H21N3O/c1-3-10-18-14(11-16-17-18)15(19)9-8-13-6-4-12(2)5-7-13/h4-7,11,15,19H,3,8-10H2,1-2H3. The molecule has 4 heteroatoms. The summed E-state index contributed by atoms with van der Waals surface area (Å²) in [6.07, 6.45) is 3.71. The number of benzene rings is 1. The number of rotatable bonds is 6. The Balaban J connectivity index is 1.95. The number of aliphatic hydroxyl groups excluding tert-OH is 1. The normalized spacial score (nSPS) is 12.6. The highest BCUT2D eigenvalue weighted by Gasteiger charge is 2.13. The zero-order valence-corrected chi connectivity index (χ0v) is 11.6. The van der Waals surface area contributed by atoms with Gasteiger partial charge >= 0.3 is 0 Å². The SMILES string of the molecule is CCCn1nncc1C(O)CCc1ccc(C)cc1. The van der Waals surface area contributed by atoms with Gasteiger partial charge in [0.15, 0.2) is 0 Å². The van der Waals surface area contributed by atoms with Gasteiger partial charge in [-0.2, -0.15) is 0 Å². The van der Waals surface area contributed by atoms with E-state index in [0.29, 0.717) is 6.42 Å². The van der Waals surface area contributed by atoms with Gasteiger partial charge in [0, 0.05) is 6.54 Å². The number of aryl methyl sites for hydroxylation is 3. The van der Waals surface area contributed by atoms with Gasteiger partial charge in [0.2, 0.25) is 0 Å². The Kier molecular flexibility index (Phi) is 4.68. The molecule has 0 saturated carbocycles. The van der Waals surface area contributed by atoms with Crippen LogP contribution >= 0.6 is 0 Å². The second-order valence-electron chi connectivity index (χ2n) is 4.92. The van der Waals surface area contributed by atoms with Crippen LogP contribution in [0.2, 0.25) is 0 Å². The first kappa shape index (κ1) is 13.7. The van der Waals surface area contributed by atoms with Crippen molar-refractivity contribution in [1.82, 2.24) is 15.0 Å². The van der Waals surface area contributed by atoms with Crippen molar-refractivity contribution in [2.75, 3.05) is 0 Å². The lowest BCUT2D eigenvalue weighted by atomic mass is 10.0. The summed E-state index contributed by atoms with van der Waals surface area (Å²) in [5.74, 6) is 0. The summed E-state index contributed by atoms with van der Waals surface area (Å²) in [6, 6.07) is 8.43. The van der Waals surface area contributed by atoms with Gasteiger partial charge in [0.1, 0.15) is 0 Å². The van der Waals surface area contributed by atoms with Gasteiger partial charge in [-0.3, -0.25) is 0 Å². The van der Waals surface area contributed by atoms with Gasteiger partial charge < -0.3 is 5.11 Å². The van der Waals surface area contributed by atoms with Crippen LogP contribution in [0.1, 0.15) is 42.7 Å². The lowest BCUT2D eigenvalue weighted by Crippen LogP contribution is -2.10. The fourth-order valence-electron chi connectivity index (χ4n) is 2.12. The smallest absolute Gasteiger partial charge is 0.0976 e. The van der Waals surface area contributed by atoms with Gasteiger partial charge in [-0.05, 0) is 31.7 Å². The summed E-state index contributed by atoms with van der Waals surface area (Å²) in [5, 5.41) is 18.1. The molecular weight excluding hydrogens is 238 g/mol. The molecule has 0 aliphatic carbocycles. The molecule has 0 spiro atoms. The van der Waals surface area contributed by atoms with Crippen LogP contribution in [0.15, 0.2) is 30.5 Å². The van der Waals surface area contributed by atoms with Crippen molar-refractivity contribution < 1.29 is 5.11 Å². The van der Waals surface area contributed by atoms with Crippen molar-refractivity contribution in [3.8, 4) is 0 Å². The summed E-state index contributed by atoms with van der Waals surface area (Å²) < 4.78 is 1.79. The molecule has 0 aliphatic rings. The maximum Gasteiger partial charge on any atom is 0.0976 e. The molecule has 0 bridgehead atoms. The third kappa shape index (κ3) is 3.64. The van der Waals surface area contributed by atoms with Crippen LogP contribution in [-0.2, 0) is 13.0 Å². The van der Waals surface area contributed by atoms with Gasteiger partial charge in [0.05, 0.1) is 18.0 Å². The van der Waals surface area contributed by atoms with Crippen LogP contribution in [0, 0.1) is 6.92 Å². The second kappa shape index (κ2) is 6.48. The molecule has 1 heterocycles. The number of aliphatic hydroxyl groups is 1. The van der Waals surface area contributed by atoms with E-state index in [1.54, 1.807) is 10.9 Å². The molecule has 1 N–H and O–H groups in total. The number of hydrogen-bond acceptors (Lipinski definition) is 3. The molecule has 0 saturated heterocycles. The average Bonchev–Trinajstić information content (AvgIpc) is 2.86. The van der Waals surface area contributed by atoms with Crippen LogP contribution < -0.4 is 0 Å². The zero-order valence-electron chi connectivity index (χ0n) is 11.6. The molecule has 19 heavy (non-hydrogen) atoms. The van der Waals surface area contributed by atoms with Gasteiger partial charge in [0.25, 0.3) is 0 Å². The highest BCUT2D eigenvalue weighted by Crippen LogP contribution is 2.18. The van der Waals surface area contributed by atoms with E-state index in [1.807, 2.05) is 0 Å². The number of nitrogens with zero attached hydrogens (tertiary/aromatic N) is 3. The molecular formula is C15H21N3O. The maximum atomic E-state index is 10.2. The van der Waals surface area contributed by atoms with E-state index < -0.39 is 6.10 Å². The first-order valence-electron chi connectivity index (χ1n) is 6.82. The largest absolute Gasteiger partial charge is 0.387 e. The highest BCUT2D eigenvalue weighted by atomic mass is 16.3. The van der Waals surface area contributed by atoms with Crippen LogP contribution in [-0.4, -0.2) is 20.1 Å². The molecule has 1 aromatic carbocycles. The number of hydrogen-bond donors (Lipinski definition) is 1. The monoisotopic (exact) mass is 259 g/mol. The predicted octanol–water partition coefficient (Wildman–Crippen LogP) is 2.66. The highest BCUT2D eigenvalue weighted by molar-refractivity contribution is 5.21. The molecule has 4 nitrogen and oxygen atoms in total. The Hall–Kier alpha value is -1.68. The fourth-order valence-corrected chi connectivity index (χ4v) is 2.12. The summed E-state index contributed by atoms with van der Waals surface area (Å²) in [4.78, 5) is 0. The molecule has 102 valence electrons. The fraction of sp³-hybridized carbons (Fsp3) is 0.467. The van der Waals surface area contributed by atoms with E-state index >= 15 is 0 Å². The van der Waals surface area contributed by atoms with Crippen molar-refractivity contribution in [2.45, 2.75) is 45.8 Å². The van der Waals surface area contributed by atoms with Crippen LogP contribution in [0.3, 0.4) is 0 Å². The van der Waals surface area contributed by atoms with Crippen molar-refractivity contribution in [3.63, 3.8) is 0 Å². The molecule has 1 unspecified atom stereocenters. The third-order valence-electron chi connectivity index (χ3n) is 3.25. The lowest BCUT2D eigenvalue weighted by molar-refractivity contribution is 0.156. The Labute approximate surface area is 114 Å². The molecule has 0 fully saturated rings. The first-order valence-corrected chi connectivity index (χ1v) is 6.82. The van der Waals surface area contributed by atoms with E-state index in [2.05, 4.69) is 48.4 Å². The topological polar surface area (TPSA) is 50.9 Å². The Bertz CT molecular complexity index is 504. The molecule has 2 aromatic rings. The average molecular weight is 259 g/mol. The summed E-state index contributed by atoms with van der Waals surface area (Å²) in [7, 11) is 0. The Morgan fingerprint density at radius 3 is 2.68 bits per heavy atom. The molecule has 2 rings (SSSR count). The minimum Gasteiger partial charge on any atom is -0.387 e. The Morgan fingerprint density at radius 2 is 2.00 bits per heavy atom.